The van der Waals surface area contributed by atoms with Crippen LogP contribution in [0.25, 0.3) is 11.1 Å². The summed E-state index contributed by atoms with van der Waals surface area (Å²) in [5, 5.41) is 1.53. The average molecular weight is 332 g/mol. The molecule has 0 aliphatic carbocycles. The highest BCUT2D eigenvalue weighted by Crippen LogP contribution is 2.44. The van der Waals surface area contributed by atoms with Crippen molar-refractivity contribution >= 4 is 27.3 Å². The van der Waals surface area contributed by atoms with Crippen molar-refractivity contribution in [1.29, 1.82) is 0 Å². The summed E-state index contributed by atoms with van der Waals surface area (Å²) in [5.41, 5.74) is 8.52. The Morgan fingerprint density at radius 3 is 2.57 bits per heavy atom. The van der Waals surface area contributed by atoms with E-state index in [1.807, 2.05) is 37.4 Å². The first kappa shape index (κ1) is 17.3. The fourth-order valence-electron chi connectivity index (χ4n) is 2.48. The number of nitrogens with zero attached hydrogens (tertiary/aromatic N) is 1. The van der Waals surface area contributed by atoms with Gasteiger partial charge in [0.2, 0.25) is 0 Å². The smallest absolute Gasteiger partial charge is 0.341 e. The second-order valence-corrected chi connectivity index (χ2v) is 6.41. The van der Waals surface area contributed by atoms with Crippen LogP contribution < -0.4 is 10.6 Å². The van der Waals surface area contributed by atoms with Crippen molar-refractivity contribution in [2.45, 2.75) is 26.7 Å². The van der Waals surface area contributed by atoms with Gasteiger partial charge >= 0.3 is 5.97 Å². The summed E-state index contributed by atoms with van der Waals surface area (Å²) in [6.07, 6.45) is 2.22. The molecule has 0 spiro atoms. The highest BCUT2D eigenvalue weighted by Gasteiger charge is 2.26. The van der Waals surface area contributed by atoms with E-state index in [1.165, 1.54) is 11.3 Å². The molecule has 0 fully saturated rings. The normalized spacial score (nSPS) is 10.6. The number of hydrogen-bond donors (Lipinski definition) is 1. The second kappa shape index (κ2) is 8.02. The van der Waals surface area contributed by atoms with E-state index in [2.05, 4.69) is 11.8 Å². The number of benzene rings is 1. The van der Waals surface area contributed by atoms with E-state index in [-0.39, 0.29) is 5.97 Å². The van der Waals surface area contributed by atoms with Crippen LogP contribution in [0.1, 0.15) is 37.0 Å². The maximum Gasteiger partial charge on any atom is 0.341 e. The number of rotatable bonds is 7. The summed E-state index contributed by atoms with van der Waals surface area (Å²) in [6, 6.07) is 9.90. The highest BCUT2D eigenvalue weighted by molar-refractivity contribution is 7.21. The van der Waals surface area contributed by atoms with Gasteiger partial charge in [0.05, 0.1) is 6.61 Å². The van der Waals surface area contributed by atoms with Gasteiger partial charge in [0, 0.05) is 19.2 Å². The summed E-state index contributed by atoms with van der Waals surface area (Å²) >= 11 is 1.45. The van der Waals surface area contributed by atoms with E-state index in [0.29, 0.717) is 17.2 Å². The largest absolute Gasteiger partial charge is 0.462 e. The van der Waals surface area contributed by atoms with Gasteiger partial charge in [-0.05, 0) is 18.9 Å². The number of anilines is 2. The number of nitrogens with two attached hydrogens (primary N) is 1. The van der Waals surface area contributed by atoms with Gasteiger partial charge < -0.3 is 15.4 Å². The van der Waals surface area contributed by atoms with Crippen LogP contribution in [0.5, 0.6) is 0 Å². The number of esters is 1. The lowest BCUT2D eigenvalue weighted by atomic mass is 10.0. The van der Waals surface area contributed by atoms with Crippen LogP contribution in [0.3, 0.4) is 0 Å². The molecule has 1 aromatic carbocycles. The summed E-state index contributed by atoms with van der Waals surface area (Å²) < 4.78 is 5.21. The van der Waals surface area contributed by atoms with Crippen LogP contribution in [0, 0.1) is 0 Å². The lowest BCUT2D eigenvalue weighted by molar-refractivity contribution is 0.0529. The minimum Gasteiger partial charge on any atom is -0.462 e. The molecule has 0 bridgehead atoms. The number of carbonyl (C=O) groups is 1. The van der Waals surface area contributed by atoms with Gasteiger partial charge in [0.15, 0.2) is 0 Å². The molecular formula is C18H24N2O2S. The van der Waals surface area contributed by atoms with E-state index >= 15 is 0 Å². The molecule has 0 saturated carbocycles. The second-order valence-electron chi connectivity index (χ2n) is 5.38. The topological polar surface area (TPSA) is 55.6 Å². The SMILES string of the molecule is CCCCN(C)c1sc(N)c(C(=O)OCC)c1-c1ccccc1. The summed E-state index contributed by atoms with van der Waals surface area (Å²) in [6.45, 7) is 5.23. The van der Waals surface area contributed by atoms with Gasteiger partial charge in [-0.1, -0.05) is 55.0 Å². The summed E-state index contributed by atoms with van der Waals surface area (Å²) in [4.78, 5) is 14.6. The van der Waals surface area contributed by atoms with Crippen molar-refractivity contribution in [3.05, 3.63) is 35.9 Å². The van der Waals surface area contributed by atoms with E-state index in [1.54, 1.807) is 6.92 Å². The first-order valence-corrected chi connectivity index (χ1v) is 8.77. The Kier molecular flexibility index (Phi) is 6.04. The molecule has 2 N–H and O–H groups in total. The molecule has 0 saturated heterocycles. The molecule has 23 heavy (non-hydrogen) atoms. The molecule has 0 atom stereocenters. The molecule has 0 aliphatic rings. The van der Waals surface area contributed by atoms with Gasteiger partial charge in [-0.15, -0.1) is 0 Å². The maximum absolute atomic E-state index is 12.4. The zero-order chi connectivity index (χ0) is 16.8. The van der Waals surface area contributed by atoms with Crippen LogP contribution in [0.4, 0.5) is 10.0 Å². The first-order valence-electron chi connectivity index (χ1n) is 7.96. The Balaban J connectivity index is 2.54. The predicted octanol–water partition coefficient (Wildman–Crippen LogP) is 4.41. The maximum atomic E-state index is 12.4. The van der Waals surface area contributed by atoms with Crippen LogP contribution in [0.15, 0.2) is 30.3 Å². The molecule has 0 amide bonds. The van der Waals surface area contributed by atoms with Crippen molar-refractivity contribution < 1.29 is 9.53 Å². The third-order valence-corrected chi connectivity index (χ3v) is 4.79. The van der Waals surface area contributed by atoms with E-state index in [9.17, 15) is 4.79 Å². The van der Waals surface area contributed by atoms with Gasteiger partial charge in [0.1, 0.15) is 15.6 Å². The lowest BCUT2D eigenvalue weighted by Crippen LogP contribution is -2.18. The minimum atomic E-state index is -0.352. The fourth-order valence-corrected chi connectivity index (χ4v) is 3.55. The van der Waals surface area contributed by atoms with Crippen molar-refractivity contribution in [3.63, 3.8) is 0 Å². The molecule has 1 heterocycles. The standard InChI is InChI=1S/C18H24N2O2S/c1-4-6-12-20(3)17-14(13-10-8-7-9-11-13)15(16(19)23-17)18(21)22-5-2/h7-11H,4-6,12,19H2,1-3H3. The number of carbonyl (C=O) groups excluding carboxylic acids is 1. The Bertz CT molecular complexity index is 653. The third kappa shape index (κ3) is 3.85. The molecule has 4 nitrogen and oxygen atoms in total. The number of thiophene rings is 1. The van der Waals surface area contributed by atoms with Crippen molar-refractivity contribution in [2.24, 2.45) is 0 Å². The Morgan fingerprint density at radius 1 is 1.26 bits per heavy atom. The summed E-state index contributed by atoms with van der Waals surface area (Å²) in [7, 11) is 2.04. The van der Waals surface area contributed by atoms with Gasteiger partial charge in [-0.25, -0.2) is 4.79 Å². The molecule has 1 aromatic heterocycles. The third-order valence-electron chi connectivity index (χ3n) is 3.65. The van der Waals surface area contributed by atoms with Crippen LogP contribution >= 0.6 is 11.3 Å². The Labute approximate surface area is 141 Å². The van der Waals surface area contributed by atoms with Crippen LogP contribution in [-0.4, -0.2) is 26.2 Å². The van der Waals surface area contributed by atoms with Crippen molar-refractivity contribution in [1.82, 2.24) is 0 Å². The average Bonchev–Trinajstić information content (AvgIpc) is 2.91. The van der Waals surface area contributed by atoms with E-state index < -0.39 is 0 Å². The minimum absolute atomic E-state index is 0.337. The van der Waals surface area contributed by atoms with Crippen molar-refractivity contribution in [3.8, 4) is 11.1 Å². The predicted molar refractivity (Wildman–Crippen MR) is 98.3 cm³/mol. The Hall–Kier alpha value is -2.01. The van der Waals surface area contributed by atoms with E-state index in [0.717, 1.165) is 35.5 Å². The molecule has 124 valence electrons. The van der Waals surface area contributed by atoms with Crippen molar-refractivity contribution in [2.75, 3.05) is 30.8 Å². The zero-order valence-electron chi connectivity index (χ0n) is 14.0. The molecule has 0 radical (unpaired) electrons. The van der Waals surface area contributed by atoms with Gasteiger partial charge in [-0.2, -0.15) is 0 Å². The number of nitrogen functional groups attached to an aromatic ring is 1. The molecule has 0 aliphatic heterocycles. The summed E-state index contributed by atoms with van der Waals surface area (Å²) in [5.74, 6) is -0.352. The lowest BCUT2D eigenvalue weighted by Gasteiger charge is -2.19. The van der Waals surface area contributed by atoms with E-state index in [4.69, 9.17) is 10.5 Å². The quantitative estimate of drug-likeness (QED) is 0.763. The van der Waals surface area contributed by atoms with Crippen LogP contribution in [-0.2, 0) is 4.74 Å². The Morgan fingerprint density at radius 2 is 1.96 bits per heavy atom. The van der Waals surface area contributed by atoms with Gasteiger partial charge in [0.25, 0.3) is 0 Å². The monoisotopic (exact) mass is 332 g/mol. The molecule has 5 heteroatoms. The van der Waals surface area contributed by atoms with Crippen LogP contribution in [0.2, 0.25) is 0 Å². The number of ether oxygens (including phenoxy) is 1. The first-order chi connectivity index (χ1) is 11.1. The van der Waals surface area contributed by atoms with Gasteiger partial charge in [-0.3, -0.25) is 0 Å². The number of unbranched alkanes of at least 4 members (excludes halogenated alkanes) is 1. The molecule has 0 unspecified atom stereocenters. The molecular weight excluding hydrogens is 308 g/mol. The zero-order valence-corrected chi connectivity index (χ0v) is 14.8. The fraction of sp³-hybridized carbons (Fsp3) is 0.389. The number of hydrogen-bond acceptors (Lipinski definition) is 5. The highest BCUT2D eigenvalue weighted by atomic mass is 32.1. The molecule has 2 aromatic rings. The molecule has 2 rings (SSSR count).